The van der Waals surface area contributed by atoms with E-state index in [1.165, 1.54) is 23.2 Å². The number of nitrogens with zero attached hydrogens (tertiary/aromatic N) is 7. The van der Waals surface area contributed by atoms with Crippen molar-refractivity contribution in [3.05, 3.63) is 47.2 Å². The molecule has 1 saturated heterocycles. The fourth-order valence-corrected chi connectivity index (χ4v) is 5.26. The zero-order valence-electron chi connectivity index (χ0n) is 19.7. The summed E-state index contributed by atoms with van der Waals surface area (Å²) in [6, 6.07) is 6.29. The third-order valence-corrected chi connectivity index (χ3v) is 7.09. The molecule has 0 bridgehead atoms. The molecule has 194 valence electrons. The summed E-state index contributed by atoms with van der Waals surface area (Å²) in [5.74, 6) is -1.62. The van der Waals surface area contributed by atoms with Crippen LogP contribution in [-0.4, -0.2) is 50.2 Å². The van der Waals surface area contributed by atoms with Gasteiger partial charge in [0.15, 0.2) is 5.82 Å². The standard InChI is InChI=1S/C24H22F5N7O/c1-13-11-34(20-15(9-30)10-31-18-8-14(21(25)26)2-3-17(18)20)5-4-16(13)22(37)35-6-7-36-19(12-35)32-33-23(36)24(27,28)29/h2-3,8,10,13,16,21H,4-7,11-12H2,1H3/t13-,16+/m1/s1. The number of carbonyl (C=O) groups is 1. The second kappa shape index (κ2) is 9.24. The van der Waals surface area contributed by atoms with Crippen molar-refractivity contribution in [1.82, 2.24) is 24.6 Å². The third-order valence-electron chi connectivity index (χ3n) is 7.09. The first-order valence-corrected chi connectivity index (χ1v) is 11.7. The Balaban J connectivity index is 1.34. The number of fused-ring (bicyclic) bond motifs is 2. The summed E-state index contributed by atoms with van der Waals surface area (Å²) < 4.78 is 66.7. The number of pyridine rings is 1. The minimum absolute atomic E-state index is 0.0364. The molecule has 0 radical (unpaired) electrons. The predicted molar refractivity (Wildman–Crippen MR) is 121 cm³/mol. The van der Waals surface area contributed by atoms with Gasteiger partial charge in [-0.05, 0) is 18.4 Å². The molecule has 2 aliphatic rings. The number of benzene rings is 1. The van der Waals surface area contributed by atoms with Gasteiger partial charge in [-0.3, -0.25) is 9.78 Å². The normalized spacial score (nSPS) is 20.3. The van der Waals surface area contributed by atoms with E-state index in [9.17, 15) is 32.0 Å². The van der Waals surface area contributed by atoms with Crippen molar-refractivity contribution >= 4 is 22.5 Å². The molecule has 1 fully saturated rings. The smallest absolute Gasteiger partial charge is 0.370 e. The van der Waals surface area contributed by atoms with Gasteiger partial charge in [0.1, 0.15) is 6.07 Å². The summed E-state index contributed by atoms with van der Waals surface area (Å²) in [6.07, 6.45) is -5.43. The molecular weight excluding hydrogens is 497 g/mol. The van der Waals surface area contributed by atoms with E-state index in [1.54, 1.807) is 6.07 Å². The molecule has 2 atom stereocenters. The van der Waals surface area contributed by atoms with E-state index in [4.69, 9.17) is 0 Å². The molecule has 2 aliphatic heterocycles. The molecule has 0 saturated carbocycles. The van der Waals surface area contributed by atoms with Gasteiger partial charge in [-0.1, -0.05) is 19.1 Å². The number of carbonyl (C=O) groups excluding carboxylic acids is 1. The molecule has 0 spiro atoms. The van der Waals surface area contributed by atoms with E-state index >= 15 is 0 Å². The van der Waals surface area contributed by atoms with E-state index in [2.05, 4.69) is 21.3 Å². The topological polar surface area (TPSA) is 90.9 Å². The summed E-state index contributed by atoms with van der Waals surface area (Å²) >= 11 is 0. The molecule has 0 N–H and O–H groups in total. The first kappa shape index (κ1) is 24.9. The monoisotopic (exact) mass is 519 g/mol. The fraction of sp³-hybridized carbons (Fsp3) is 0.458. The van der Waals surface area contributed by atoms with Gasteiger partial charge in [-0.2, -0.15) is 18.4 Å². The summed E-state index contributed by atoms with van der Waals surface area (Å²) in [6.45, 7) is 2.82. The Labute approximate surface area is 208 Å². The molecular formula is C24H22F5N7O. The number of hydrogen-bond acceptors (Lipinski definition) is 6. The van der Waals surface area contributed by atoms with E-state index < -0.39 is 18.4 Å². The first-order chi connectivity index (χ1) is 17.6. The van der Waals surface area contributed by atoms with Gasteiger partial charge in [0.05, 0.1) is 23.3 Å². The number of nitriles is 1. The van der Waals surface area contributed by atoms with Crippen molar-refractivity contribution in [2.75, 3.05) is 24.5 Å². The highest BCUT2D eigenvalue weighted by molar-refractivity contribution is 5.95. The molecule has 5 rings (SSSR count). The Hall–Kier alpha value is -3.82. The molecule has 8 nitrogen and oxygen atoms in total. The minimum atomic E-state index is -4.61. The number of halogens is 5. The summed E-state index contributed by atoms with van der Waals surface area (Å²) in [5.41, 5.74) is 1.10. The number of hydrogen-bond donors (Lipinski definition) is 0. The second-order valence-corrected chi connectivity index (χ2v) is 9.38. The number of aromatic nitrogens is 4. The lowest BCUT2D eigenvalue weighted by molar-refractivity contribution is -0.148. The molecule has 13 heteroatoms. The average Bonchev–Trinajstić information content (AvgIpc) is 3.31. The zero-order valence-corrected chi connectivity index (χ0v) is 19.7. The Morgan fingerprint density at radius 3 is 2.65 bits per heavy atom. The van der Waals surface area contributed by atoms with Crippen LogP contribution in [0, 0.1) is 23.2 Å². The van der Waals surface area contributed by atoms with Gasteiger partial charge in [0, 0.05) is 49.2 Å². The molecule has 37 heavy (non-hydrogen) atoms. The van der Waals surface area contributed by atoms with Gasteiger partial charge < -0.3 is 14.4 Å². The van der Waals surface area contributed by atoms with Gasteiger partial charge >= 0.3 is 6.18 Å². The van der Waals surface area contributed by atoms with Gasteiger partial charge in [0.25, 0.3) is 6.43 Å². The SMILES string of the molecule is C[C@@H]1CN(c2c(C#N)cnc3cc(C(F)F)ccc23)CC[C@@H]1C(=O)N1CCn2c(nnc2C(F)(F)F)C1. The average molecular weight is 519 g/mol. The van der Waals surface area contributed by atoms with Crippen molar-refractivity contribution in [1.29, 1.82) is 5.26 Å². The van der Waals surface area contributed by atoms with Crippen LogP contribution in [0.1, 0.15) is 42.5 Å². The Morgan fingerprint density at radius 1 is 1.19 bits per heavy atom. The molecule has 0 aliphatic carbocycles. The Morgan fingerprint density at radius 2 is 1.97 bits per heavy atom. The predicted octanol–water partition coefficient (Wildman–Crippen LogP) is 4.16. The lowest BCUT2D eigenvalue weighted by Gasteiger charge is -2.40. The van der Waals surface area contributed by atoms with E-state index in [0.29, 0.717) is 41.7 Å². The lowest BCUT2D eigenvalue weighted by Crippen LogP contribution is -2.49. The molecule has 0 unspecified atom stereocenters. The van der Waals surface area contributed by atoms with Crippen molar-refractivity contribution in [3.63, 3.8) is 0 Å². The molecule has 2 aromatic heterocycles. The van der Waals surface area contributed by atoms with Crippen LogP contribution in [0.4, 0.5) is 27.6 Å². The van der Waals surface area contributed by atoms with Crippen molar-refractivity contribution in [3.8, 4) is 6.07 Å². The van der Waals surface area contributed by atoms with Crippen LogP contribution in [0.3, 0.4) is 0 Å². The summed E-state index contributed by atoms with van der Waals surface area (Å²) in [4.78, 5) is 21.0. The second-order valence-electron chi connectivity index (χ2n) is 9.38. The maximum Gasteiger partial charge on any atom is 0.451 e. The van der Waals surface area contributed by atoms with Crippen molar-refractivity contribution < 1.29 is 26.7 Å². The van der Waals surface area contributed by atoms with Crippen LogP contribution in [0.25, 0.3) is 10.9 Å². The maximum absolute atomic E-state index is 13.4. The lowest BCUT2D eigenvalue weighted by atomic mass is 9.85. The van der Waals surface area contributed by atoms with Crippen LogP contribution in [0.2, 0.25) is 0 Å². The Bertz CT molecular complexity index is 1400. The third kappa shape index (κ3) is 4.45. The molecule has 1 amide bonds. The van der Waals surface area contributed by atoms with Crippen molar-refractivity contribution in [2.24, 2.45) is 11.8 Å². The number of anilines is 1. The largest absolute Gasteiger partial charge is 0.451 e. The van der Waals surface area contributed by atoms with Gasteiger partial charge in [-0.25, -0.2) is 8.78 Å². The van der Waals surface area contributed by atoms with Crippen LogP contribution in [0.5, 0.6) is 0 Å². The highest BCUT2D eigenvalue weighted by Crippen LogP contribution is 2.37. The summed E-state index contributed by atoms with van der Waals surface area (Å²) in [7, 11) is 0. The van der Waals surface area contributed by atoms with Crippen LogP contribution >= 0.6 is 0 Å². The molecule has 3 aromatic rings. The number of piperidine rings is 1. The van der Waals surface area contributed by atoms with E-state index in [1.807, 2.05) is 11.8 Å². The number of rotatable bonds is 3. The highest BCUT2D eigenvalue weighted by Gasteiger charge is 2.41. The quantitative estimate of drug-likeness (QED) is 0.483. The van der Waals surface area contributed by atoms with Gasteiger partial charge in [-0.15, -0.1) is 10.2 Å². The fourth-order valence-electron chi connectivity index (χ4n) is 5.26. The van der Waals surface area contributed by atoms with Crippen molar-refractivity contribution in [2.45, 2.75) is 39.0 Å². The van der Waals surface area contributed by atoms with E-state index in [-0.39, 0.29) is 48.8 Å². The maximum atomic E-state index is 13.4. The number of amides is 1. The first-order valence-electron chi connectivity index (χ1n) is 11.7. The van der Waals surface area contributed by atoms with Crippen LogP contribution in [0.15, 0.2) is 24.4 Å². The zero-order chi connectivity index (χ0) is 26.5. The van der Waals surface area contributed by atoms with Crippen LogP contribution in [-0.2, 0) is 24.1 Å². The molecule has 4 heterocycles. The number of alkyl halides is 5. The Kier molecular flexibility index (Phi) is 6.21. The van der Waals surface area contributed by atoms with Gasteiger partial charge in [0.2, 0.25) is 11.7 Å². The highest BCUT2D eigenvalue weighted by atomic mass is 19.4. The molecule has 1 aromatic carbocycles. The van der Waals surface area contributed by atoms with Crippen LogP contribution < -0.4 is 4.90 Å². The van der Waals surface area contributed by atoms with E-state index in [0.717, 1.165) is 4.57 Å². The minimum Gasteiger partial charge on any atom is -0.370 e. The summed E-state index contributed by atoms with van der Waals surface area (Å²) in [5, 5.41) is 17.2.